The van der Waals surface area contributed by atoms with Crippen molar-refractivity contribution in [3.05, 3.63) is 59.7 Å². The van der Waals surface area contributed by atoms with E-state index in [1.807, 2.05) is 53.8 Å². The number of hydrogen-bond donors (Lipinski definition) is 3. The highest BCUT2D eigenvalue weighted by Crippen LogP contribution is 2.44. The Bertz CT molecular complexity index is 1000. The minimum atomic E-state index is -3.05. The summed E-state index contributed by atoms with van der Waals surface area (Å²) in [7, 11) is 3.23. The third-order valence-corrected chi connectivity index (χ3v) is 5.54. The van der Waals surface area contributed by atoms with Crippen LogP contribution in [-0.2, 0) is 14.3 Å². The summed E-state index contributed by atoms with van der Waals surface area (Å²) in [6, 6.07) is 12.3. The third-order valence-electron chi connectivity index (χ3n) is 5.54. The van der Waals surface area contributed by atoms with Crippen molar-refractivity contribution >= 4 is 18.0 Å². The van der Waals surface area contributed by atoms with E-state index >= 15 is 0 Å². The molecule has 0 fully saturated rings. The van der Waals surface area contributed by atoms with Crippen LogP contribution in [0.3, 0.4) is 0 Å². The van der Waals surface area contributed by atoms with Gasteiger partial charge in [-0.25, -0.2) is 18.4 Å². The maximum Gasteiger partial charge on any atom is 0.407 e. The Labute approximate surface area is 195 Å². The lowest BCUT2D eigenvalue weighted by Gasteiger charge is -2.22. The van der Waals surface area contributed by atoms with Crippen LogP contribution in [-0.4, -0.2) is 73.7 Å². The number of rotatable bonds is 10. The first kappa shape index (κ1) is 25.1. The Morgan fingerprint density at radius 2 is 1.56 bits per heavy atom. The SMILES string of the molecule is CN(C)CC(NC(=O)CC(NC(=O)OCC1c2ccccc2-c2ccccc21)C(F)F)C(=O)O. The number of alkyl halides is 2. The van der Waals surface area contributed by atoms with E-state index < -0.39 is 42.9 Å². The van der Waals surface area contributed by atoms with Gasteiger partial charge >= 0.3 is 12.1 Å². The number of carbonyl (C=O) groups excluding carboxylic acids is 2. The van der Waals surface area contributed by atoms with Gasteiger partial charge < -0.3 is 25.4 Å². The summed E-state index contributed by atoms with van der Waals surface area (Å²) >= 11 is 0. The minimum absolute atomic E-state index is 0.0137. The smallest absolute Gasteiger partial charge is 0.407 e. The first-order valence-electron chi connectivity index (χ1n) is 10.7. The van der Waals surface area contributed by atoms with Crippen LogP contribution in [0.1, 0.15) is 23.5 Å². The van der Waals surface area contributed by atoms with Gasteiger partial charge in [-0.1, -0.05) is 48.5 Å². The summed E-state index contributed by atoms with van der Waals surface area (Å²) in [4.78, 5) is 37.3. The molecule has 2 amide bonds. The zero-order valence-electron chi connectivity index (χ0n) is 18.8. The molecule has 2 aromatic rings. The van der Waals surface area contributed by atoms with Crippen LogP contribution in [0.4, 0.5) is 13.6 Å². The predicted octanol–water partition coefficient (Wildman–Crippen LogP) is 2.68. The highest BCUT2D eigenvalue weighted by Gasteiger charge is 2.31. The molecule has 0 aromatic heterocycles. The van der Waals surface area contributed by atoms with Gasteiger partial charge in [0.15, 0.2) is 0 Å². The molecule has 0 bridgehead atoms. The predicted molar refractivity (Wildman–Crippen MR) is 121 cm³/mol. The molecule has 8 nitrogen and oxygen atoms in total. The monoisotopic (exact) mass is 475 g/mol. The number of fused-ring (bicyclic) bond motifs is 3. The number of carboxylic acid groups (broad SMARTS) is 1. The summed E-state index contributed by atoms with van der Waals surface area (Å²) in [5.41, 5.74) is 4.00. The van der Waals surface area contributed by atoms with Crippen LogP contribution in [0.2, 0.25) is 0 Å². The van der Waals surface area contributed by atoms with Crippen molar-refractivity contribution in [2.24, 2.45) is 0 Å². The number of halogens is 2. The largest absolute Gasteiger partial charge is 0.480 e. The number of ether oxygens (including phenoxy) is 1. The molecule has 3 N–H and O–H groups in total. The molecule has 1 aliphatic carbocycles. The average molecular weight is 475 g/mol. The minimum Gasteiger partial charge on any atom is -0.480 e. The molecular weight excluding hydrogens is 448 g/mol. The highest BCUT2D eigenvalue weighted by molar-refractivity contribution is 5.84. The van der Waals surface area contributed by atoms with Crippen LogP contribution in [0.5, 0.6) is 0 Å². The van der Waals surface area contributed by atoms with E-state index in [2.05, 4.69) is 5.32 Å². The standard InChI is InChI=1S/C24H27F2N3O5/c1-29(2)12-20(23(31)32)27-21(30)11-19(22(25)26)28-24(33)34-13-18-16-9-5-3-7-14(16)15-8-4-6-10-17(15)18/h3-10,18-20,22H,11-13H2,1-2H3,(H,27,30)(H,28,33)(H,31,32). The number of benzene rings is 2. The quantitative estimate of drug-likeness (QED) is 0.488. The van der Waals surface area contributed by atoms with E-state index in [9.17, 15) is 28.3 Å². The molecule has 0 saturated heterocycles. The van der Waals surface area contributed by atoms with E-state index in [0.29, 0.717) is 0 Å². The second-order valence-corrected chi connectivity index (χ2v) is 8.34. The van der Waals surface area contributed by atoms with Gasteiger partial charge in [0.2, 0.25) is 5.91 Å². The van der Waals surface area contributed by atoms with Crippen molar-refractivity contribution < 1.29 is 33.0 Å². The first-order chi connectivity index (χ1) is 16.2. The number of likely N-dealkylation sites (N-methyl/N-ethyl adjacent to an activating group) is 1. The van der Waals surface area contributed by atoms with Gasteiger partial charge in [-0.05, 0) is 36.3 Å². The molecule has 2 unspecified atom stereocenters. The maximum absolute atomic E-state index is 13.5. The number of carboxylic acids is 1. The van der Waals surface area contributed by atoms with Gasteiger partial charge in [0, 0.05) is 12.5 Å². The molecule has 182 valence electrons. The Hall–Kier alpha value is -3.53. The first-order valence-corrected chi connectivity index (χ1v) is 10.7. The van der Waals surface area contributed by atoms with Crippen molar-refractivity contribution in [1.29, 1.82) is 0 Å². The number of carbonyl (C=O) groups is 3. The Morgan fingerprint density at radius 1 is 1.00 bits per heavy atom. The Morgan fingerprint density at radius 3 is 2.06 bits per heavy atom. The molecule has 0 radical (unpaired) electrons. The molecule has 3 rings (SSSR count). The number of hydrogen-bond acceptors (Lipinski definition) is 5. The highest BCUT2D eigenvalue weighted by atomic mass is 19.3. The Balaban J connectivity index is 1.59. The number of amides is 2. The Kier molecular flexibility index (Phi) is 8.17. The van der Waals surface area contributed by atoms with Crippen molar-refractivity contribution in [3.8, 4) is 11.1 Å². The summed E-state index contributed by atoms with van der Waals surface area (Å²) in [5, 5.41) is 13.4. The molecule has 10 heteroatoms. The van der Waals surface area contributed by atoms with Crippen molar-refractivity contribution in [2.45, 2.75) is 30.8 Å². The number of nitrogens with one attached hydrogen (secondary N) is 2. The van der Waals surface area contributed by atoms with Gasteiger partial charge in [-0.3, -0.25) is 4.79 Å². The second-order valence-electron chi connectivity index (χ2n) is 8.34. The molecule has 0 saturated carbocycles. The zero-order valence-corrected chi connectivity index (χ0v) is 18.8. The van der Waals surface area contributed by atoms with E-state index in [0.717, 1.165) is 22.3 Å². The van der Waals surface area contributed by atoms with Crippen LogP contribution < -0.4 is 10.6 Å². The van der Waals surface area contributed by atoms with E-state index in [1.165, 1.54) is 0 Å². The maximum atomic E-state index is 13.5. The molecule has 2 atom stereocenters. The molecule has 0 spiro atoms. The molecule has 34 heavy (non-hydrogen) atoms. The summed E-state index contributed by atoms with van der Waals surface area (Å²) < 4.78 is 32.2. The van der Waals surface area contributed by atoms with Crippen molar-refractivity contribution in [1.82, 2.24) is 15.5 Å². The lowest BCUT2D eigenvalue weighted by molar-refractivity contribution is -0.142. The zero-order chi connectivity index (χ0) is 24.8. The topological polar surface area (TPSA) is 108 Å². The summed E-state index contributed by atoms with van der Waals surface area (Å²) in [6.07, 6.45) is -4.93. The van der Waals surface area contributed by atoms with E-state index in [1.54, 1.807) is 19.0 Å². The number of aliphatic carboxylic acids is 1. The summed E-state index contributed by atoms with van der Waals surface area (Å²) in [5.74, 6) is -2.45. The molecule has 0 heterocycles. The lowest BCUT2D eigenvalue weighted by atomic mass is 9.98. The van der Waals surface area contributed by atoms with Crippen LogP contribution in [0, 0.1) is 0 Å². The molecule has 0 aliphatic heterocycles. The van der Waals surface area contributed by atoms with Crippen molar-refractivity contribution in [2.75, 3.05) is 27.2 Å². The summed E-state index contributed by atoms with van der Waals surface area (Å²) in [6.45, 7) is -0.0772. The molecule has 1 aliphatic rings. The van der Waals surface area contributed by atoms with Gasteiger partial charge in [-0.15, -0.1) is 0 Å². The normalized spacial score (nSPS) is 14.3. The molecule has 2 aromatic carbocycles. The van der Waals surface area contributed by atoms with Gasteiger partial charge in [0.05, 0.1) is 6.42 Å². The van der Waals surface area contributed by atoms with Crippen LogP contribution >= 0.6 is 0 Å². The fourth-order valence-electron chi connectivity index (χ4n) is 4.00. The van der Waals surface area contributed by atoms with E-state index in [-0.39, 0.29) is 19.1 Å². The average Bonchev–Trinajstić information content (AvgIpc) is 3.10. The van der Waals surface area contributed by atoms with Gasteiger partial charge in [-0.2, -0.15) is 0 Å². The fraction of sp³-hybridized carbons (Fsp3) is 0.375. The van der Waals surface area contributed by atoms with Gasteiger partial charge in [0.25, 0.3) is 6.43 Å². The second kappa shape index (κ2) is 11.1. The lowest BCUT2D eigenvalue weighted by Crippen LogP contribution is -2.50. The number of alkyl carbamates (subject to hydrolysis) is 1. The number of nitrogens with zero attached hydrogens (tertiary/aromatic N) is 1. The van der Waals surface area contributed by atoms with Crippen LogP contribution in [0.25, 0.3) is 11.1 Å². The van der Waals surface area contributed by atoms with Gasteiger partial charge in [0.1, 0.15) is 18.7 Å². The molecular formula is C24H27F2N3O5. The third kappa shape index (κ3) is 6.07. The van der Waals surface area contributed by atoms with Crippen molar-refractivity contribution in [3.63, 3.8) is 0 Å². The fourth-order valence-corrected chi connectivity index (χ4v) is 4.00. The van der Waals surface area contributed by atoms with Crippen LogP contribution in [0.15, 0.2) is 48.5 Å². The van der Waals surface area contributed by atoms with E-state index in [4.69, 9.17) is 4.74 Å².